The van der Waals surface area contributed by atoms with Gasteiger partial charge >= 0.3 is 0 Å². The molecule has 0 aliphatic carbocycles. The molecule has 0 unspecified atom stereocenters. The third-order valence-corrected chi connectivity index (χ3v) is 5.18. The molecule has 0 radical (unpaired) electrons. The van der Waals surface area contributed by atoms with Gasteiger partial charge in [-0.05, 0) is 23.8 Å². The van der Waals surface area contributed by atoms with E-state index in [0.29, 0.717) is 16.6 Å². The Morgan fingerprint density at radius 3 is 2.89 bits per heavy atom. The molecule has 0 fully saturated rings. The van der Waals surface area contributed by atoms with E-state index in [9.17, 15) is 4.79 Å². The molecule has 2 aromatic carbocycles. The van der Waals surface area contributed by atoms with E-state index in [2.05, 4.69) is 31.0 Å². The number of aromatic nitrogens is 4. The molecule has 0 aliphatic rings. The molecule has 1 amide bonds. The molecular formula is C18H15ClN6OS. The fraction of sp³-hybridized carbons (Fsp3) is 0.111. The predicted octanol–water partition coefficient (Wildman–Crippen LogP) is 4.36. The van der Waals surface area contributed by atoms with E-state index in [1.165, 1.54) is 18.3 Å². The van der Waals surface area contributed by atoms with Gasteiger partial charge in [0, 0.05) is 24.4 Å². The van der Waals surface area contributed by atoms with Crippen LogP contribution in [0.4, 0.5) is 16.5 Å². The molecule has 27 heavy (non-hydrogen) atoms. The molecule has 4 aromatic rings. The average molecular weight is 399 g/mol. The number of fused-ring (bicyclic) bond motifs is 1. The minimum absolute atomic E-state index is 0.105. The van der Waals surface area contributed by atoms with Crippen LogP contribution in [0.3, 0.4) is 0 Å². The lowest BCUT2D eigenvalue weighted by molar-refractivity contribution is -0.114. The summed E-state index contributed by atoms with van der Waals surface area (Å²) >= 11 is 7.87. The van der Waals surface area contributed by atoms with E-state index in [4.69, 9.17) is 11.6 Å². The highest BCUT2D eigenvalue weighted by Crippen LogP contribution is 2.33. The summed E-state index contributed by atoms with van der Waals surface area (Å²) in [4.78, 5) is 11.4. The number of para-hydroxylation sites is 1. The average Bonchev–Trinajstić information content (AvgIpc) is 3.28. The Kier molecular flexibility index (Phi) is 4.74. The number of halogens is 1. The first-order valence-electron chi connectivity index (χ1n) is 8.16. The summed E-state index contributed by atoms with van der Waals surface area (Å²) < 4.78 is 0. The molecule has 4 rings (SSSR count). The topological polar surface area (TPSA) is 95.6 Å². The van der Waals surface area contributed by atoms with E-state index in [0.717, 1.165) is 32.8 Å². The molecule has 2 heterocycles. The number of nitrogens with one attached hydrogen (secondary N) is 3. The first-order chi connectivity index (χ1) is 13.1. The van der Waals surface area contributed by atoms with Gasteiger partial charge in [-0.1, -0.05) is 41.1 Å². The van der Waals surface area contributed by atoms with Crippen molar-refractivity contribution in [3.8, 4) is 0 Å². The Bertz CT molecular complexity index is 1120. The second kappa shape index (κ2) is 7.34. The van der Waals surface area contributed by atoms with Crippen molar-refractivity contribution in [2.75, 3.05) is 10.6 Å². The van der Waals surface area contributed by atoms with Gasteiger partial charge in [-0.25, -0.2) is 0 Å². The lowest BCUT2D eigenvalue weighted by atomic mass is 10.1. The number of anilines is 3. The maximum absolute atomic E-state index is 11.4. The van der Waals surface area contributed by atoms with Crippen LogP contribution in [0.5, 0.6) is 0 Å². The van der Waals surface area contributed by atoms with Crippen LogP contribution < -0.4 is 10.6 Å². The number of hydrogen-bond donors (Lipinski definition) is 3. The van der Waals surface area contributed by atoms with Crippen molar-refractivity contribution in [1.82, 2.24) is 20.4 Å². The number of hydrogen-bond acceptors (Lipinski definition) is 6. The van der Waals surface area contributed by atoms with Crippen molar-refractivity contribution in [2.45, 2.75) is 13.3 Å². The van der Waals surface area contributed by atoms with Crippen LogP contribution in [0.1, 0.15) is 17.5 Å². The minimum Gasteiger partial charge on any atom is -0.329 e. The summed E-state index contributed by atoms with van der Waals surface area (Å²) in [6.45, 7) is 1.49. The van der Waals surface area contributed by atoms with Crippen molar-refractivity contribution in [3.63, 3.8) is 0 Å². The number of amides is 1. The van der Waals surface area contributed by atoms with Crippen molar-refractivity contribution in [3.05, 3.63) is 58.2 Å². The van der Waals surface area contributed by atoms with Crippen molar-refractivity contribution in [1.29, 1.82) is 0 Å². The molecule has 136 valence electrons. The van der Waals surface area contributed by atoms with Crippen LogP contribution >= 0.6 is 22.9 Å². The van der Waals surface area contributed by atoms with Gasteiger partial charge in [0.15, 0.2) is 0 Å². The number of benzene rings is 2. The monoisotopic (exact) mass is 398 g/mol. The van der Waals surface area contributed by atoms with Crippen molar-refractivity contribution >= 4 is 56.3 Å². The summed E-state index contributed by atoms with van der Waals surface area (Å²) in [7, 11) is 0. The Hall–Kier alpha value is -2.97. The number of H-pyrrole nitrogens is 1. The smallest absolute Gasteiger partial charge is 0.221 e. The zero-order valence-corrected chi connectivity index (χ0v) is 15.9. The summed E-state index contributed by atoms with van der Waals surface area (Å²) in [5, 5.41) is 24.3. The Morgan fingerprint density at radius 2 is 2.04 bits per heavy atom. The Labute approximate surface area is 163 Å². The number of aromatic amines is 1. The maximum atomic E-state index is 11.4. The largest absolute Gasteiger partial charge is 0.329 e. The van der Waals surface area contributed by atoms with Crippen LogP contribution in [0.25, 0.3) is 10.9 Å². The number of carbonyl (C=O) groups excluding carboxylic acids is 1. The van der Waals surface area contributed by atoms with Crippen LogP contribution in [0.15, 0.2) is 42.6 Å². The number of rotatable bonds is 5. The lowest BCUT2D eigenvalue weighted by Gasteiger charge is -2.08. The quantitative estimate of drug-likeness (QED) is 0.464. The van der Waals surface area contributed by atoms with E-state index in [1.807, 2.05) is 36.4 Å². The van der Waals surface area contributed by atoms with Crippen LogP contribution in [0, 0.1) is 0 Å². The normalized spacial score (nSPS) is 10.9. The fourth-order valence-electron chi connectivity index (χ4n) is 2.72. The van der Waals surface area contributed by atoms with Gasteiger partial charge in [0.1, 0.15) is 5.01 Å². The van der Waals surface area contributed by atoms with E-state index < -0.39 is 0 Å². The predicted molar refractivity (Wildman–Crippen MR) is 108 cm³/mol. The van der Waals surface area contributed by atoms with Gasteiger partial charge < -0.3 is 10.6 Å². The van der Waals surface area contributed by atoms with Crippen LogP contribution in [-0.4, -0.2) is 26.3 Å². The van der Waals surface area contributed by atoms with Crippen LogP contribution in [-0.2, 0) is 11.2 Å². The standard InChI is InChI=1S/C18H15ClN6OS/c1-10(26)21-13-5-3-2-4-11(13)8-16-24-25-18(27-16)22-15-7-6-14-12(17(15)19)9-20-23-14/h2-7,9H,8H2,1H3,(H,20,23)(H,21,26)(H,22,25). The SMILES string of the molecule is CC(=O)Nc1ccccc1Cc1nnc(Nc2ccc3[nH]ncc3c2Cl)s1. The minimum atomic E-state index is -0.105. The van der Waals surface area contributed by atoms with Crippen molar-refractivity contribution < 1.29 is 4.79 Å². The van der Waals surface area contributed by atoms with Gasteiger partial charge in [0.05, 0.1) is 22.4 Å². The molecule has 9 heteroatoms. The Balaban J connectivity index is 1.54. The number of carbonyl (C=O) groups is 1. The molecule has 7 nitrogen and oxygen atoms in total. The summed E-state index contributed by atoms with van der Waals surface area (Å²) in [6.07, 6.45) is 2.26. The third-order valence-electron chi connectivity index (χ3n) is 3.94. The second-order valence-corrected chi connectivity index (χ2v) is 7.34. The molecule has 0 spiro atoms. The summed E-state index contributed by atoms with van der Waals surface area (Å²) in [5.41, 5.74) is 3.38. The maximum Gasteiger partial charge on any atom is 0.221 e. The summed E-state index contributed by atoms with van der Waals surface area (Å²) in [6, 6.07) is 11.4. The van der Waals surface area contributed by atoms with E-state index >= 15 is 0 Å². The zero-order valence-electron chi connectivity index (χ0n) is 14.3. The first kappa shape index (κ1) is 17.4. The first-order valence-corrected chi connectivity index (χ1v) is 9.36. The lowest BCUT2D eigenvalue weighted by Crippen LogP contribution is -2.08. The van der Waals surface area contributed by atoms with E-state index in [1.54, 1.807) is 6.20 Å². The molecule has 3 N–H and O–H groups in total. The van der Waals surface area contributed by atoms with Gasteiger partial charge in [-0.3, -0.25) is 9.89 Å². The zero-order chi connectivity index (χ0) is 18.8. The molecule has 0 aliphatic heterocycles. The van der Waals surface area contributed by atoms with Gasteiger partial charge in [0.2, 0.25) is 11.0 Å². The third kappa shape index (κ3) is 3.76. The molecule has 0 saturated carbocycles. The Morgan fingerprint density at radius 1 is 1.19 bits per heavy atom. The molecular weight excluding hydrogens is 384 g/mol. The molecule has 0 saturated heterocycles. The molecule has 0 atom stereocenters. The van der Waals surface area contributed by atoms with Crippen molar-refractivity contribution in [2.24, 2.45) is 0 Å². The molecule has 0 bridgehead atoms. The highest BCUT2D eigenvalue weighted by Gasteiger charge is 2.12. The van der Waals surface area contributed by atoms with Gasteiger partial charge in [-0.15, -0.1) is 10.2 Å². The highest BCUT2D eigenvalue weighted by atomic mass is 35.5. The fourth-order valence-corrected chi connectivity index (χ4v) is 3.76. The molecule has 2 aromatic heterocycles. The highest BCUT2D eigenvalue weighted by molar-refractivity contribution is 7.15. The van der Waals surface area contributed by atoms with Crippen LogP contribution in [0.2, 0.25) is 5.02 Å². The summed E-state index contributed by atoms with van der Waals surface area (Å²) in [5.74, 6) is -0.105. The second-order valence-electron chi connectivity index (χ2n) is 5.90. The van der Waals surface area contributed by atoms with Gasteiger partial charge in [0.25, 0.3) is 0 Å². The number of nitrogens with zero attached hydrogens (tertiary/aromatic N) is 3. The van der Waals surface area contributed by atoms with E-state index in [-0.39, 0.29) is 5.91 Å². The van der Waals surface area contributed by atoms with Gasteiger partial charge in [-0.2, -0.15) is 5.10 Å².